The third kappa shape index (κ3) is 5.83. The first-order chi connectivity index (χ1) is 21.7. The molecule has 0 N–H and O–H groups in total. The van der Waals surface area contributed by atoms with Crippen molar-refractivity contribution in [2.45, 2.75) is 19.3 Å². The number of fused-ring (bicyclic) bond motifs is 3. The van der Waals surface area contributed by atoms with Crippen LogP contribution >= 0.6 is 63.7 Å². The van der Waals surface area contributed by atoms with E-state index in [0.29, 0.717) is 0 Å². The Balaban J connectivity index is 1.35. The van der Waals surface area contributed by atoms with E-state index < -0.39 is 0 Å². The standard InChI is InChI=1S/C39H28Br4N2/c1-39(2)37-23-33(44(29-11-3-7-25(40)19-29)30-12-4-8-26(41)20-30)15-17-35(37)36-18-16-34(24-38(36)39)45(31-13-5-9-27(42)21-31)32-14-6-10-28(43)22-32/h3-24H,1-2H3. The molecule has 7 rings (SSSR count). The molecule has 0 spiro atoms. The third-order valence-electron chi connectivity index (χ3n) is 8.43. The second-order valence-electron chi connectivity index (χ2n) is 11.7. The molecule has 1 aliphatic carbocycles. The van der Waals surface area contributed by atoms with E-state index in [1.54, 1.807) is 0 Å². The minimum Gasteiger partial charge on any atom is -0.310 e. The van der Waals surface area contributed by atoms with Crippen LogP contribution in [0, 0.1) is 0 Å². The predicted octanol–water partition coefficient (Wildman–Crippen LogP) is 14.0. The van der Waals surface area contributed by atoms with Gasteiger partial charge in [0.25, 0.3) is 0 Å². The number of rotatable bonds is 6. The van der Waals surface area contributed by atoms with Crippen LogP contribution < -0.4 is 9.80 Å². The fraction of sp³-hybridized carbons (Fsp3) is 0.0769. The van der Waals surface area contributed by atoms with Crippen molar-refractivity contribution in [3.05, 3.63) is 162 Å². The van der Waals surface area contributed by atoms with Gasteiger partial charge in [-0.25, -0.2) is 0 Å². The summed E-state index contributed by atoms with van der Waals surface area (Å²) in [6, 6.07) is 47.7. The molecule has 45 heavy (non-hydrogen) atoms. The van der Waals surface area contributed by atoms with Gasteiger partial charge in [0, 0.05) is 57.4 Å². The molecule has 0 heterocycles. The summed E-state index contributed by atoms with van der Waals surface area (Å²) in [6.07, 6.45) is 0. The van der Waals surface area contributed by atoms with Gasteiger partial charge in [0.15, 0.2) is 0 Å². The van der Waals surface area contributed by atoms with Crippen molar-refractivity contribution >= 4 is 97.8 Å². The number of halogens is 4. The quantitative estimate of drug-likeness (QED) is 0.165. The molecule has 0 saturated carbocycles. The number of benzene rings is 6. The van der Waals surface area contributed by atoms with Crippen molar-refractivity contribution in [1.29, 1.82) is 0 Å². The van der Waals surface area contributed by atoms with Crippen molar-refractivity contribution in [2.75, 3.05) is 9.80 Å². The van der Waals surface area contributed by atoms with Crippen LogP contribution in [0.4, 0.5) is 34.1 Å². The van der Waals surface area contributed by atoms with Gasteiger partial charge in [0.05, 0.1) is 0 Å². The van der Waals surface area contributed by atoms with Gasteiger partial charge in [-0.15, -0.1) is 0 Å². The Bertz CT molecular complexity index is 1830. The van der Waals surface area contributed by atoms with Gasteiger partial charge >= 0.3 is 0 Å². The van der Waals surface area contributed by atoms with Gasteiger partial charge in [-0.3, -0.25) is 0 Å². The highest BCUT2D eigenvalue weighted by Gasteiger charge is 2.37. The van der Waals surface area contributed by atoms with Gasteiger partial charge in [0.1, 0.15) is 0 Å². The van der Waals surface area contributed by atoms with Crippen LogP contribution in [-0.2, 0) is 5.41 Å². The molecular weight excluding hydrogens is 816 g/mol. The Hall–Kier alpha value is -3.16. The number of nitrogens with zero attached hydrogens (tertiary/aromatic N) is 2. The Kier molecular flexibility index (Phi) is 8.28. The van der Waals surface area contributed by atoms with E-state index in [2.05, 4.69) is 221 Å². The second-order valence-corrected chi connectivity index (χ2v) is 15.3. The van der Waals surface area contributed by atoms with Crippen LogP contribution in [0.1, 0.15) is 25.0 Å². The molecule has 0 saturated heterocycles. The van der Waals surface area contributed by atoms with Gasteiger partial charge in [-0.05, 0) is 119 Å². The molecule has 0 aromatic heterocycles. The van der Waals surface area contributed by atoms with Crippen molar-refractivity contribution < 1.29 is 0 Å². The molecule has 0 aliphatic heterocycles. The molecular formula is C39H28Br4N2. The van der Waals surface area contributed by atoms with Crippen LogP contribution in [0.15, 0.2) is 151 Å². The summed E-state index contributed by atoms with van der Waals surface area (Å²) in [5, 5.41) is 0. The average Bonchev–Trinajstić information content (AvgIpc) is 3.23. The van der Waals surface area contributed by atoms with E-state index in [-0.39, 0.29) is 5.41 Å². The molecule has 0 fully saturated rings. The zero-order chi connectivity index (χ0) is 31.3. The predicted molar refractivity (Wildman–Crippen MR) is 204 cm³/mol. The Morgan fingerprint density at radius 1 is 0.378 bits per heavy atom. The van der Waals surface area contributed by atoms with E-state index in [1.165, 1.54) is 22.3 Å². The first-order valence-corrected chi connectivity index (χ1v) is 17.8. The van der Waals surface area contributed by atoms with Crippen LogP contribution in [0.25, 0.3) is 11.1 Å². The number of hydrogen-bond donors (Lipinski definition) is 0. The first kappa shape index (κ1) is 30.5. The molecule has 0 atom stereocenters. The zero-order valence-electron chi connectivity index (χ0n) is 24.6. The van der Waals surface area contributed by atoms with E-state index in [1.807, 2.05) is 0 Å². The lowest BCUT2D eigenvalue weighted by atomic mass is 9.82. The fourth-order valence-corrected chi connectivity index (χ4v) is 7.90. The van der Waals surface area contributed by atoms with Crippen molar-refractivity contribution in [2.24, 2.45) is 0 Å². The number of hydrogen-bond acceptors (Lipinski definition) is 2. The van der Waals surface area contributed by atoms with Gasteiger partial charge in [-0.2, -0.15) is 0 Å². The van der Waals surface area contributed by atoms with Crippen molar-refractivity contribution in [1.82, 2.24) is 0 Å². The molecule has 0 unspecified atom stereocenters. The lowest BCUT2D eigenvalue weighted by Gasteiger charge is -2.29. The lowest BCUT2D eigenvalue weighted by Crippen LogP contribution is -2.17. The van der Waals surface area contributed by atoms with Crippen LogP contribution in [0.3, 0.4) is 0 Å². The van der Waals surface area contributed by atoms with Crippen molar-refractivity contribution in [3.8, 4) is 11.1 Å². The maximum absolute atomic E-state index is 3.69. The molecule has 0 bridgehead atoms. The molecule has 6 heteroatoms. The third-order valence-corrected chi connectivity index (χ3v) is 10.4. The molecule has 6 aromatic rings. The first-order valence-electron chi connectivity index (χ1n) is 14.6. The monoisotopic (exact) mass is 840 g/mol. The van der Waals surface area contributed by atoms with Crippen LogP contribution in [0.2, 0.25) is 0 Å². The minimum atomic E-state index is -0.211. The lowest BCUT2D eigenvalue weighted by molar-refractivity contribution is 0.660. The molecule has 2 nitrogen and oxygen atoms in total. The van der Waals surface area contributed by atoms with Crippen LogP contribution in [-0.4, -0.2) is 0 Å². The molecule has 6 aromatic carbocycles. The maximum Gasteiger partial charge on any atom is 0.0472 e. The second kappa shape index (κ2) is 12.2. The fourth-order valence-electron chi connectivity index (χ4n) is 6.35. The summed E-state index contributed by atoms with van der Waals surface area (Å²) >= 11 is 14.8. The summed E-state index contributed by atoms with van der Waals surface area (Å²) in [6.45, 7) is 4.69. The average molecular weight is 844 g/mol. The van der Waals surface area contributed by atoms with E-state index in [9.17, 15) is 0 Å². The topological polar surface area (TPSA) is 6.48 Å². The number of anilines is 6. The summed E-state index contributed by atoms with van der Waals surface area (Å²) < 4.78 is 4.17. The van der Waals surface area contributed by atoms with Crippen LogP contribution in [0.5, 0.6) is 0 Å². The Morgan fingerprint density at radius 2 is 0.667 bits per heavy atom. The van der Waals surface area contributed by atoms with Gasteiger partial charge in [-0.1, -0.05) is 114 Å². The summed E-state index contributed by atoms with van der Waals surface area (Å²) in [4.78, 5) is 4.64. The highest BCUT2D eigenvalue weighted by atomic mass is 79.9. The molecule has 0 radical (unpaired) electrons. The minimum absolute atomic E-state index is 0.211. The normalized spacial score (nSPS) is 12.8. The highest BCUT2D eigenvalue weighted by molar-refractivity contribution is 9.11. The van der Waals surface area contributed by atoms with Crippen molar-refractivity contribution in [3.63, 3.8) is 0 Å². The van der Waals surface area contributed by atoms with Gasteiger partial charge in [0.2, 0.25) is 0 Å². The smallest absolute Gasteiger partial charge is 0.0472 e. The summed E-state index contributed by atoms with van der Waals surface area (Å²) in [5.41, 5.74) is 11.6. The summed E-state index contributed by atoms with van der Waals surface area (Å²) in [5.74, 6) is 0. The van der Waals surface area contributed by atoms with Gasteiger partial charge < -0.3 is 9.80 Å². The summed E-state index contributed by atoms with van der Waals surface area (Å²) in [7, 11) is 0. The molecule has 0 amide bonds. The van der Waals surface area contributed by atoms with E-state index >= 15 is 0 Å². The molecule has 222 valence electrons. The Labute approximate surface area is 298 Å². The Morgan fingerprint density at radius 3 is 0.956 bits per heavy atom. The highest BCUT2D eigenvalue weighted by Crippen LogP contribution is 2.52. The maximum atomic E-state index is 3.69. The van der Waals surface area contributed by atoms with E-state index in [4.69, 9.17) is 0 Å². The molecule has 1 aliphatic rings. The largest absolute Gasteiger partial charge is 0.310 e. The van der Waals surface area contributed by atoms with E-state index in [0.717, 1.165) is 52.0 Å². The zero-order valence-corrected chi connectivity index (χ0v) is 31.0. The SMILES string of the molecule is CC1(C)c2cc(N(c3cccc(Br)c3)c3cccc(Br)c3)ccc2-c2ccc(N(c3cccc(Br)c3)c3cccc(Br)c3)cc21.